The molecule has 1 fully saturated rings. The van der Waals surface area contributed by atoms with Gasteiger partial charge in [-0.3, -0.25) is 4.79 Å². The Kier molecular flexibility index (Phi) is 6.40. The molecule has 1 amide bonds. The van der Waals surface area contributed by atoms with Crippen LogP contribution in [0.4, 0.5) is 0 Å². The summed E-state index contributed by atoms with van der Waals surface area (Å²) < 4.78 is 0. The molecule has 0 bridgehead atoms. The van der Waals surface area contributed by atoms with Crippen LogP contribution in [0.5, 0.6) is 0 Å². The largest absolute Gasteiger partial charge is 0.351 e. The first-order chi connectivity index (χ1) is 10.5. The number of piperazine rings is 1. The zero-order chi connectivity index (χ0) is 15.9. The topological polar surface area (TPSA) is 38.0 Å². The van der Waals surface area contributed by atoms with Crippen LogP contribution in [0.2, 0.25) is 0 Å². The first-order valence-electron chi connectivity index (χ1n) is 8.52. The van der Waals surface area contributed by atoms with Crippen molar-refractivity contribution in [2.24, 2.45) is 5.92 Å². The molecule has 0 unspecified atom stereocenters. The molecule has 1 aromatic carbocycles. The Labute approximate surface area is 134 Å². The molecule has 0 aromatic heterocycles. The zero-order valence-corrected chi connectivity index (χ0v) is 14.2. The van der Waals surface area contributed by atoms with Crippen LogP contribution >= 0.6 is 0 Å². The molecule has 1 heterocycles. The van der Waals surface area contributed by atoms with Gasteiger partial charge >= 0.3 is 0 Å². The molecule has 1 aliphatic rings. The van der Waals surface area contributed by atoms with Crippen molar-refractivity contribution >= 4 is 5.91 Å². The lowest BCUT2D eigenvalue weighted by molar-refractivity contribution is -1.02. The molecule has 0 atom stereocenters. The minimum atomic E-state index is 0.200. The predicted molar refractivity (Wildman–Crippen MR) is 89.0 cm³/mol. The SMILES string of the molecule is Cc1cccc(C[NH+]2CC[NH+](CC(=O)NCC(C)C)CC2)c1. The van der Waals surface area contributed by atoms with Gasteiger partial charge in [0.2, 0.25) is 0 Å². The Morgan fingerprint density at radius 1 is 1.18 bits per heavy atom. The fourth-order valence-electron chi connectivity index (χ4n) is 3.03. The van der Waals surface area contributed by atoms with Gasteiger partial charge in [0.05, 0.1) is 0 Å². The number of amides is 1. The maximum atomic E-state index is 11.9. The third-order valence-electron chi connectivity index (χ3n) is 4.32. The van der Waals surface area contributed by atoms with Gasteiger partial charge < -0.3 is 15.1 Å². The molecule has 1 saturated heterocycles. The Balaban J connectivity index is 1.70. The Bertz CT molecular complexity index is 479. The number of hydrogen-bond acceptors (Lipinski definition) is 1. The molecule has 0 radical (unpaired) electrons. The second-order valence-corrected chi connectivity index (χ2v) is 7.04. The van der Waals surface area contributed by atoms with E-state index in [1.807, 2.05) is 0 Å². The van der Waals surface area contributed by atoms with Gasteiger partial charge in [-0.1, -0.05) is 43.7 Å². The fraction of sp³-hybridized carbons (Fsp3) is 0.611. The van der Waals surface area contributed by atoms with Crippen molar-refractivity contribution in [2.75, 3.05) is 39.3 Å². The number of carbonyl (C=O) groups excluding carboxylic acids is 1. The van der Waals surface area contributed by atoms with Crippen molar-refractivity contribution in [2.45, 2.75) is 27.3 Å². The van der Waals surface area contributed by atoms with Crippen molar-refractivity contribution in [3.63, 3.8) is 0 Å². The maximum Gasteiger partial charge on any atom is 0.275 e. The minimum absolute atomic E-state index is 0.200. The summed E-state index contributed by atoms with van der Waals surface area (Å²) in [6, 6.07) is 8.80. The van der Waals surface area contributed by atoms with Gasteiger partial charge in [-0.25, -0.2) is 0 Å². The van der Waals surface area contributed by atoms with Crippen LogP contribution in [-0.4, -0.2) is 45.2 Å². The fourth-order valence-corrected chi connectivity index (χ4v) is 3.03. The third-order valence-corrected chi connectivity index (χ3v) is 4.32. The average Bonchev–Trinajstić information content (AvgIpc) is 2.47. The lowest BCUT2D eigenvalue weighted by Gasteiger charge is -2.29. The summed E-state index contributed by atoms with van der Waals surface area (Å²) in [5, 5.41) is 3.02. The van der Waals surface area contributed by atoms with E-state index in [1.54, 1.807) is 4.90 Å². The van der Waals surface area contributed by atoms with Crippen molar-refractivity contribution in [3.8, 4) is 0 Å². The van der Waals surface area contributed by atoms with Gasteiger partial charge in [0.1, 0.15) is 32.7 Å². The Morgan fingerprint density at radius 2 is 1.86 bits per heavy atom. The highest BCUT2D eigenvalue weighted by Crippen LogP contribution is 2.01. The van der Waals surface area contributed by atoms with Crippen molar-refractivity contribution in [1.29, 1.82) is 0 Å². The van der Waals surface area contributed by atoms with E-state index in [1.165, 1.54) is 16.0 Å². The number of hydrogen-bond donors (Lipinski definition) is 3. The van der Waals surface area contributed by atoms with Gasteiger partial charge in [-0.15, -0.1) is 0 Å². The number of rotatable bonds is 6. The normalized spacial score (nSPS) is 21.8. The molecule has 1 aromatic rings. The second-order valence-electron chi connectivity index (χ2n) is 7.04. The quantitative estimate of drug-likeness (QED) is 0.623. The third kappa shape index (κ3) is 5.78. The highest BCUT2D eigenvalue weighted by molar-refractivity contribution is 5.76. The molecular formula is C18H31N3O+2. The number of nitrogens with one attached hydrogen (secondary N) is 3. The molecule has 0 spiro atoms. The molecule has 2 rings (SSSR count). The standard InChI is InChI=1S/C18H29N3O/c1-15(2)12-19-18(22)14-21-9-7-20(8-10-21)13-17-6-4-5-16(3)11-17/h4-6,11,15H,7-10,12-14H2,1-3H3,(H,19,22)/p+2. The molecule has 4 nitrogen and oxygen atoms in total. The van der Waals surface area contributed by atoms with E-state index in [0.29, 0.717) is 12.5 Å². The Morgan fingerprint density at radius 3 is 2.50 bits per heavy atom. The van der Waals surface area contributed by atoms with E-state index in [0.717, 1.165) is 39.3 Å². The van der Waals surface area contributed by atoms with Crippen LogP contribution in [0.3, 0.4) is 0 Å². The van der Waals surface area contributed by atoms with Crippen LogP contribution < -0.4 is 15.1 Å². The van der Waals surface area contributed by atoms with Gasteiger partial charge in [0, 0.05) is 12.1 Å². The van der Waals surface area contributed by atoms with Crippen LogP contribution in [0.1, 0.15) is 25.0 Å². The molecule has 4 heteroatoms. The Hall–Kier alpha value is -1.39. The van der Waals surface area contributed by atoms with Crippen LogP contribution in [0.25, 0.3) is 0 Å². The monoisotopic (exact) mass is 305 g/mol. The molecule has 122 valence electrons. The lowest BCUT2D eigenvalue weighted by Crippen LogP contribution is -3.28. The summed E-state index contributed by atoms with van der Waals surface area (Å²) in [4.78, 5) is 14.9. The van der Waals surface area contributed by atoms with E-state index in [4.69, 9.17) is 0 Å². The van der Waals surface area contributed by atoms with Crippen LogP contribution in [-0.2, 0) is 11.3 Å². The van der Waals surface area contributed by atoms with E-state index in [9.17, 15) is 4.79 Å². The highest BCUT2D eigenvalue weighted by atomic mass is 16.2. The van der Waals surface area contributed by atoms with E-state index in [2.05, 4.69) is 50.4 Å². The number of benzene rings is 1. The molecule has 1 aliphatic heterocycles. The summed E-state index contributed by atoms with van der Waals surface area (Å²) in [6.45, 7) is 13.4. The summed E-state index contributed by atoms with van der Waals surface area (Å²) in [5.74, 6) is 0.723. The van der Waals surface area contributed by atoms with Gasteiger partial charge in [0.15, 0.2) is 6.54 Å². The number of carbonyl (C=O) groups is 1. The summed E-state index contributed by atoms with van der Waals surface area (Å²) in [7, 11) is 0. The maximum absolute atomic E-state index is 11.9. The van der Waals surface area contributed by atoms with Gasteiger partial charge in [0.25, 0.3) is 5.91 Å². The first-order valence-corrected chi connectivity index (χ1v) is 8.52. The van der Waals surface area contributed by atoms with E-state index >= 15 is 0 Å². The summed E-state index contributed by atoms with van der Waals surface area (Å²) >= 11 is 0. The molecule has 0 saturated carbocycles. The first kappa shape index (κ1) is 17.0. The summed E-state index contributed by atoms with van der Waals surface area (Å²) in [6.07, 6.45) is 0. The number of aryl methyl sites for hydroxylation is 1. The zero-order valence-electron chi connectivity index (χ0n) is 14.2. The van der Waals surface area contributed by atoms with Crippen LogP contribution in [0, 0.1) is 12.8 Å². The van der Waals surface area contributed by atoms with Crippen molar-refractivity contribution < 1.29 is 14.6 Å². The van der Waals surface area contributed by atoms with E-state index in [-0.39, 0.29) is 5.91 Å². The lowest BCUT2D eigenvalue weighted by atomic mass is 10.1. The molecule has 0 aliphatic carbocycles. The average molecular weight is 305 g/mol. The smallest absolute Gasteiger partial charge is 0.275 e. The second kappa shape index (κ2) is 8.30. The predicted octanol–water partition coefficient (Wildman–Crippen LogP) is -0.949. The van der Waals surface area contributed by atoms with Crippen LogP contribution in [0.15, 0.2) is 24.3 Å². The molecular weight excluding hydrogens is 274 g/mol. The van der Waals surface area contributed by atoms with Gasteiger partial charge in [-0.05, 0) is 12.8 Å². The molecule has 22 heavy (non-hydrogen) atoms. The summed E-state index contributed by atoms with van der Waals surface area (Å²) in [5.41, 5.74) is 2.76. The number of quaternary nitrogens is 2. The highest BCUT2D eigenvalue weighted by Gasteiger charge is 2.24. The van der Waals surface area contributed by atoms with Crippen molar-refractivity contribution in [3.05, 3.63) is 35.4 Å². The minimum Gasteiger partial charge on any atom is -0.351 e. The van der Waals surface area contributed by atoms with Gasteiger partial charge in [-0.2, -0.15) is 0 Å². The van der Waals surface area contributed by atoms with E-state index < -0.39 is 0 Å². The molecule has 3 N–H and O–H groups in total. The van der Waals surface area contributed by atoms with Crippen molar-refractivity contribution in [1.82, 2.24) is 5.32 Å².